The molecule has 118 valence electrons. The van der Waals surface area contributed by atoms with Gasteiger partial charge in [0.2, 0.25) is 0 Å². The molecule has 21 heavy (non-hydrogen) atoms. The van der Waals surface area contributed by atoms with E-state index in [1.54, 1.807) is 25.1 Å². The average Bonchev–Trinajstić information content (AvgIpc) is 2.38. The van der Waals surface area contributed by atoms with Gasteiger partial charge >= 0.3 is 0 Å². The van der Waals surface area contributed by atoms with E-state index in [1.165, 1.54) is 0 Å². The normalized spacial score (nSPS) is 11.3. The Hall–Kier alpha value is -1.71. The Labute approximate surface area is 128 Å². The highest BCUT2D eigenvalue weighted by atomic mass is 16.2. The molecule has 0 fully saturated rings. The van der Waals surface area contributed by atoms with Gasteiger partial charge in [-0.05, 0) is 36.0 Å². The maximum absolute atomic E-state index is 11.9. The summed E-state index contributed by atoms with van der Waals surface area (Å²) in [6.45, 7) is 9.87. The van der Waals surface area contributed by atoms with Gasteiger partial charge in [0.15, 0.2) is 0 Å². The lowest BCUT2D eigenvalue weighted by molar-refractivity contribution is 0.0827. The maximum Gasteiger partial charge on any atom is 0.253 e. The largest absolute Gasteiger partial charge is 0.397 e. The zero-order valence-corrected chi connectivity index (χ0v) is 14.1. The molecule has 0 bridgehead atoms. The second-order valence-corrected chi connectivity index (χ2v) is 6.53. The number of nitrogen functional groups attached to an aromatic ring is 1. The third-order valence-electron chi connectivity index (χ3n) is 3.95. The van der Waals surface area contributed by atoms with Gasteiger partial charge in [0.25, 0.3) is 5.91 Å². The number of nitrogens with zero attached hydrogens (tertiary/aromatic N) is 1. The molecule has 1 amide bonds. The standard InChI is InChI=1S/C17H29N3O/c1-11(2)14(12(3)4)10-19-16-8-7-13(9-15(16)18)17(21)20(5)6/h7-9,11-12,14,19H,10,18H2,1-6H3. The molecule has 0 atom stereocenters. The molecule has 0 aliphatic heterocycles. The van der Waals surface area contributed by atoms with Crippen LogP contribution in [0.1, 0.15) is 38.1 Å². The van der Waals surface area contributed by atoms with Crippen molar-refractivity contribution >= 4 is 17.3 Å². The van der Waals surface area contributed by atoms with Gasteiger partial charge < -0.3 is 16.0 Å². The van der Waals surface area contributed by atoms with Crippen LogP contribution in [0.2, 0.25) is 0 Å². The highest BCUT2D eigenvalue weighted by Gasteiger charge is 2.17. The minimum Gasteiger partial charge on any atom is -0.397 e. The van der Waals surface area contributed by atoms with Crippen LogP contribution in [0.3, 0.4) is 0 Å². The number of nitrogens with one attached hydrogen (secondary N) is 1. The summed E-state index contributed by atoms with van der Waals surface area (Å²) in [6.07, 6.45) is 0. The smallest absolute Gasteiger partial charge is 0.253 e. The van der Waals surface area contributed by atoms with Gasteiger partial charge in [-0.1, -0.05) is 27.7 Å². The van der Waals surface area contributed by atoms with Crippen molar-refractivity contribution in [2.75, 3.05) is 31.7 Å². The number of anilines is 2. The predicted molar refractivity (Wildman–Crippen MR) is 90.5 cm³/mol. The zero-order chi connectivity index (χ0) is 16.2. The van der Waals surface area contributed by atoms with Crippen molar-refractivity contribution in [2.45, 2.75) is 27.7 Å². The van der Waals surface area contributed by atoms with Crippen LogP contribution in [0.4, 0.5) is 11.4 Å². The maximum atomic E-state index is 11.9. The quantitative estimate of drug-likeness (QED) is 0.791. The SMILES string of the molecule is CC(C)C(CNc1ccc(C(=O)N(C)C)cc1N)C(C)C. The van der Waals surface area contributed by atoms with E-state index in [1.807, 2.05) is 12.1 Å². The minimum atomic E-state index is -0.0320. The number of amides is 1. The fourth-order valence-electron chi connectivity index (χ4n) is 2.58. The fourth-order valence-corrected chi connectivity index (χ4v) is 2.58. The van der Waals surface area contributed by atoms with Crippen molar-refractivity contribution in [1.82, 2.24) is 4.90 Å². The van der Waals surface area contributed by atoms with Gasteiger partial charge in [-0.15, -0.1) is 0 Å². The van der Waals surface area contributed by atoms with E-state index >= 15 is 0 Å². The van der Waals surface area contributed by atoms with Crippen LogP contribution in [0.25, 0.3) is 0 Å². The number of hydrogen-bond acceptors (Lipinski definition) is 3. The van der Waals surface area contributed by atoms with Crippen molar-refractivity contribution in [1.29, 1.82) is 0 Å². The van der Waals surface area contributed by atoms with Gasteiger partial charge in [-0.25, -0.2) is 0 Å². The summed E-state index contributed by atoms with van der Waals surface area (Å²) in [7, 11) is 3.47. The molecule has 4 heteroatoms. The molecule has 0 saturated heterocycles. The first-order valence-electron chi connectivity index (χ1n) is 7.59. The third kappa shape index (κ3) is 4.66. The Balaban J connectivity index is 2.80. The molecule has 0 aliphatic carbocycles. The lowest BCUT2D eigenvalue weighted by Crippen LogP contribution is -2.25. The van der Waals surface area contributed by atoms with Crippen LogP contribution in [0.15, 0.2) is 18.2 Å². The van der Waals surface area contributed by atoms with Crippen LogP contribution in [0, 0.1) is 17.8 Å². The average molecular weight is 291 g/mol. The van der Waals surface area contributed by atoms with E-state index in [9.17, 15) is 4.79 Å². The first-order chi connectivity index (χ1) is 9.73. The van der Waals surface area contributed by atoms with Crippen LogP contribution in [-0.2, 0) is 0 Å². The molecule has 4 nitrogen and oxygen atoms in total. The lowest BCUT2D eigenvalue weighted by atomic mass is 9.85. The van der Waals surface area contributed by atoms with Crippen molar-refractivity contribution in [3.05, 3.63) is 23.8 Å². The first-order valence-corrected chi connectivity index (χ1v) is 7.59. The van der Waals surface area contributed by atoms with Crippen molar-refractivity contribution in [3.63, 3.8) is 0 Å². The Bertz CT molecular complexity index is 473. The molecule has 0 heterocycles. The Kier molecular flexibility index (Phi) is 6.06. The monoisotopic (exact) mass is 291 g/mol. The number of benzene rings is 1. The molecule has 0 saturated carbocycles. The molecule has 1 rings (SSSR count). The topological polar surface area (TPSA) is 58.4 Å². The van der Waals surface area contributed by atoms with E-state index < -0.39 is 0 Å². The summed E-state index contributed by atoms with van der Waals surface area (Å²) < 4.78 is 0. The van der Waals surface area contributed by atoms with Crippen LogP contribution >= 0.6 is 0 Å². The molecule has 0 radical (unpaired) electrons. The molecule has 0 unspecified atom stereocenters. The van der Waals surface area contributed by atoms with Gasteiger partial charge in [0.1, 0.15) is 0 Å². The summed E-state index contributed by atoms with van der Waals surface area (Å²) in [6, 6.07) is 5.45. The third-order valence-corrected chi connectivity index (χ3v) is 3.95. The predicted octanol–water partition coefficient (Wildman–Crippen LogP) is 3.31. The van der Waals surface area contributed by atoms with Crippen LogP contribution in [-0.4, -0.2) is 31.4 Å². The van der Waals surface area contributed by atoms with E-state index in [4.69, 9.17) is 5.73 Å². The van der Waals surface area contributed by atoms with Gasteiger partial charge in [0.05, 0.1) is 11.4 Å². The van der Waals surface area contributed by atoms with Crippen molar-refractivity contribution < 1.29 is 4.79 Å². The van der Waals surface area contributed by atoms with Crippen LogP contribution in [0.5, 0.6) is 0 Å². The van der Waals surface area contributed by atoms with Crippen molar-refractivity contribution in [2.24, 2.45) is 17.8 Å². The summed E-state index contributed by atoms with van der Waals surface area (Å²) in [5.41, 5.74) is 8.20. The molecule has 0 aliphatic rings. The van der Waals surface area contributed by atoms with Gasteiger partial charge in [-0.3, -0.25) is 4.79 Å². The zero-order valence-electron chi connectivity index (χ0n) is 14.1. The number of carbonyl (C=O) groups excluding carboxylic acids is 1. The molecule has 1 aromatic rings. The first kappa shape index (κ1) is 17.3. The second-order valence-electron chi connectivity index (χ2n) is 6.53. The lowest BCUT2D eigenvalue weighted by Gasteiger charge is -2.26. The van der Waals surface area contributed by atoms with E-state index in [2.05, 4.69) is 33.0 Å². The molecule has 3 N–H and O–H groups in total. The molecule has 0 spiro atoms. The van der Waals surface area contributed by atoms with E-state index in [0.29, 0.717) is 29.0 Å². The molecular formula is C17H29N3O. The molecule has 1 aromatic carbocycles. The van der Waals surface area contributed by atoms with Crippen molar-refractivity contribution in [3.8, 4) is 0 Å². The van der Waals surface area contributed by atoms with Gasteiger partial charge in [-0.2, -0.15) is 0 Å². The Morgan fingerprint density at radius 1 is 1.19 bits per heavy atom. The van der Waals surface area contributed by atoms with E-state index in [0.717, 1.165) is 12.2 Å². The molecule has 0 aromatic heterocycles. The summed E-state index contributed by atoms with van der Waals surface area (Å²) in [5, 5.41) is 3.42. The van der Waals surface area contributed by atoms with Gasteiger partial charge in [0, 0.05) is 26.2 Å². The highest BCUT2D eigenvalue weighted by molar-refractivity contribution is 5.95. The number of carbonyl (C=O) groups is 1. The Morgan fingerprint density at radius 3 is 2.19 bits per heavy atom. The fraction of sp³-hybridized carbons (Fsp3) is 0.588. The molecular weight excluding hydrogens is 262 g/mol. The second kappa shape index (κ2) is 7.34. The highest BCUT2D eigenvalue weighted by Crippen LogP contribution is 2.24. The summed E-state index contributed by atoms with van der Waals surface area (Å²) in [4.78, 5) is 13.5. The summed E-state index contributed by atoms with van der Waals surface area (Å²) in [5.74, 6) is 1.80. The summed E-state index contributed by atoms with van der Waals surface area (Å²) >= 11 is 0. The minimum absolute atomic E-state index is 0.0320. The number of rotatable bonds is 6. The number of hydrogen-bond donors (Lipinski definition) is 2. The van der Waals surface area contributed by atoms with Crippen LogP contribution < -0.4 is 11.1 Å². The Morgan fingerprint density at radius 2 is 1.76 bits per heavy atom. The number of nitrogens with two attached hydrogens (primary N) is 1. The van der Waals surface area contributed by atoms with E-state index in [-0.39, 0.29) is 5.91 Å².